The highest BCUT2D eigenvalue weighted by atomic mass is 16.6. The number of fused-ring (bicyclic) bond motifs is 1. The summed E-state index contributed by atoms with van der Waals surface area (Å²) in [5.41, 5.74) is 1.00. The van der Waals surface area contributed by atoms with Crippen LogP contribution in [-0.4, -0.2) is 19.3 Å². The van der Waals surface area contributed by atoms with E-state index in [2.05, 4.69) is 12.2 Å². The second-order valence-corrected chi connectivity index (χ2v) is 6.67. The molecule has 0 aromatic heterocycles. The van der Waals surface area contributed by atoms with Gasteiger partial charge in [0.25, 0.3) is 0 Å². The molecule has 3 aromatic carbocycles. The summed E-state index contributed by atoms with van der Waals surface area (Å²) in [5, 5.41) is 4.46. The number of benzene rings is 3. The Morgan fingerprint density at radius 3 is 2.21 bits per heavy atom. The van der Waals surface area contributed by atoms with Crippen molar-refractivity contribution in [3.63, 3.8) is 0 Å². The Morgan fingerprint density at radius 2 is 1.48 bits per heavy atom. The monoisotopic (exact) mass is 393 g/mol. The fourth-order valence-corrected chi connectivity index (χ4v) is 2.95. The molecule has 0 saturated heterocycles. The first-order chi connectivity index (χ1) is 14.2. The summed E-state index contributed by atoms with van der Waals surface area (Å²) in [6.45, 7) is 5.64. The van der Waals surface area contributed by atoms with Gasteiger partial charge in [-0.05, 0) is 18.4 Å². The molecular formula is C24H27NO4. The molecule has 5 nitrogen and oxygen atoms in total. The molecule has 152 valence electrons. The number of carbonyl (C=O) groups is 1. The number of hydrogen-bond acceptors (Lipinski definition) is 4. The molecule has 3 aromatic rings. The largest absolute Gasteiger partial charge is 0.490 e. The Hall–Kier alpha value is -3.21. The second-order valence-electron chi connectivity index (χ2n) is 6.67. The van der Waals surface area contributed by atoms with Crippen LogP contribution in [0.2, 0.25) is 0 Å². The number of carbonyl (C=O) groups excluding carboxylic acids is 1. The zero-order valence-corrected chi connectivity index (χ0v) is 16.9. The summed E-state index contributed by atoms with van der Waals surface area (Å²) in [5.74, 6) is 1.72. The van der Waals surface area contributed by atoms with Gasteiger partial charge in [-0.2, -0.15) is 0 Å². The molecule has 0 radical (unpaired) electrons. The van der Waals surface area contributed by atoms with Crippen molar-refractivity contribution in [3.05, 3.63) is 66.2 Å². The summed E-state index contributed by atoms with van der Waals surface area (Å²) < 4.78 is 17.5. The molecule has 5 heteroatoms. The lowest BCUT2D eigenvalue weighted by Gasteiger charge is -2.17. The van der Waals surface area contributed by atoms with Crippen molar-refractivity contribution in [2.75, 3.05) is 13.2 Å². The van der Waals surface area contributed by atoms with E-state index >= 15 is 0 Å². The van der Waals surface area contributed by atoms with E-state index in [0.29, 0.717) is 37.0 Å². The minimum absolute atomic E-state index is 0.397. The first-order valence-corrected chi connectivity index (χ1v) is 10.0. The molecule has 0 atom stereocenters. The summed E-state index contributed by atoms with van der Waals surface area (Å²) >= 11 is 0. The third-order valence-electron chi connectivity index (χ3n) is 4.32. The van der Waals surface area contributed by atoms with Crippen LogP contribution >= 0.6 is 0 Å². The minimum Gasteiger partial charge on any atom is -0.490 e. The van der Waals surface area contributed by atoms with E-state index in [1.165, 1.54) is 0 Å². The van der Waals surface area contributed by atoms with E-state index < -0.39 is 6.09 Å². The quantitative estimate of drug-likeness (QED) is 0.506. The predicted molar refractivity (Wildman–Crippen MR) is 115 cm³/mol. The predicted octanol–water partition coefficient (Wildman–Crippen LogP) is 5.71. The Balaban J connectivity index is 1.86. The summed E-state index contributed by atoms with van der Waals surface area (Å²) in [6, 6.07) is 19.2. The van der Waals surface area contributed by atoms with Gasteiger partial charge < -0.3 is 19.5 Å². The number of rotatable bonds is 9. The SMILES string of the molecule is CCCOc1cc(OC(=O)NCc2ccccc2)c2ccccc2c1OCCC. The number of hydrogen-bond donors (Lipinski definition) is 1. The molecule has 0 unspecified atom stereocenters. The molecule has 0 aliphatic rings. The Morgan fingerprint density at radius 1 is 0.828 bits per heavy atom. The van der Waals surface area contributed by atoms with E-state index in [9.17, 15) is 4.79 Å². The average molecular weight is 393 g/mol. The lowest BCUT2D eigenvalue weighted by Crippen LogP contribution is -2.26. The highest BCUT2D eigenvalue weighted by Crippen LogP contribution is 2.41. The van der Waals surface area contributed by atoms with Gasteiger partial charge in [0.05, 0.1) is 13.2 Å². The Kier molecular flexibility index (Phi) is 7.34. The van der Waals surface area contributed by atoms with Gasteiger partial charge in [-0.3, -0.25) is 0 Å². The third kappa shape index (κ3) is 5.41. The number of ether oxygens (including phenoxy) is 3. The molecule has 0 fully saturated rings. The molecule has 0 bridgehead atoms. The van der Waals surface area contributed by atoms with Gasteiger partial charge in [-0.25, -0.2) is 4.79 Å². The molecule has 0 spiro atoms. The first kappa shape index (κ1) is 20.5. The van der Waals surface area contributed by atoms with E-state index in [4.69, 9.17) is 14.2 Å². The van der Waals surface area contributed by atoms with Gasteiger partial charge in [-0.1, -0.05) is 68.4 Å². The van der Waals surface area contributed by atoms with Crippen molar-refractivity contribution >= 4 is 16.9 Å². The van der Waals surface area contributed by atoms with E-state index in [1.807, 2.05) is 61.5 Å². The van der Waals surface area contributed by atoms with Crippen LogP contribution in [0.5, 0.6) is 17.2 Å². The van der Waals surface area contributed by atoms with Gasteiger partial charge in [0.2, 0.25) is 0 Å². The zero-order chi connectivity index (χ0) is 20.5. The molecule has 1 N–H and O–H groups in total. The first-order valence-electron chi connectivity index (χ1n) is 10.0. The van der Waals surface area contributed by atoms with Crippen LogP contribution in [0.1, 0.15) is 32.3 Å². The molecule has 0 saturated carbocycles. The van der Waals surface area contributed by atoms with E-state index in [-0.39, 0.29) is 0 Å². The van der Waals surface area contributed by atoms with E-state index in [0.717, 1.165) is 29.2 Å². The second kappa shape index (κ2) is 10.4. The van der Waals surface area contributed by atoms with Crippen LogP contribution in [0.4, 0.5) is 4.79 Å². The maximum absolute atomic E-state index is 12.4. The lowest BCUT2D eigenvalue weighted by atomic mass is 10.1. The molecular weight excluding hydrogens is 366 g/mol. The van der Waals surface area contributed by atoms with Crippen molar-refractivity contribution in [3.8, 4) is 17.2 Å². The fraction of sp³-hybridized carbons (Fsp3) is 0.292. The topological polar surface area (TPSA) is 56.8 Å². The maximum atomic E-state index is 12.4. The van der Waals surface area contributed by atoms with Gasteiger partial charge in [0, 0.05) is 23.4 Å². The van der Waals surface area contributed by atoms with E-state index in [1.54, 1.807) is 6.07 Å². The number of amides is 1. The molecule has 0 heterocycles. The van der Waals surface area contributed by atoms with Crippen LogP contribution in [0.3, 0.4) is 0 Å². The Labute approximate surface area is 171 Å². The van der Waals surface area contributed by atoms with Crippen molar-refractivity contribution in [2.45, 2.75) is 33.2 Å². The van der Waals surface area contributed by atoms with Crippen LogP contribution in [0.25, 0.3) is 10.8 Å². The molecule has 1 amide bonds. The van der Waals surface area contributed by atoms with Gasteiger partial charge >= 0.3 is 6.09 Å². The van der Waals surface area contributed by atoms with Crippen molar-refractivity contribution < 1.29 is 19.0 Å². The van der Waals surface area contributed by atoms with Gasteiger partial charge in [0.15, 0.2) is 11.5 Å². The van der Waals surface area contributed by atoms with Crippen LogP contribution in [0.15, 0.2) is 60.7 Å². The average Bonchev–Trinajstić information content (AvgIpc) is 2.76. The standard InChI is InChI=1S/C24H27NO4/c1-3-14-27-22-16-21(29-24(26)25-17-18-10-6-5-7-11-18)19-12-8-9-13-20(19)23(22)28-15-4-2/h5-13,16H,3-4,14-15,17H2,1-2H3,(H,25,26). The highest BCUT2D eigenvalue weighted by molar-refractivity contribution is 5.96. The third-order valence-corrected chi connectivity index (χ3v) is 4.32. The van der Waals surface area contributed by atoms with Crippen LogP contribution in [0, 0.1) is 0 Å². The normalized spacial score (nSPS) is 10.6. The Bertz CT molecular complexity index is 940. The minimum atomic E-state index is -0.511. The fourth-order valence-electron chi connectivity index (χ4n) is 2.95. The lowest BCUT2D eigenvalue weighted by molar-refractivity contribution is 0.200. The highest BCUT2D eigenvalue weighted by Gasteiger charge is 2.17. The zero-order valence-electron chi connectivity index (χ0n) is 16.9. The summed E-state index contributed by atoms with van der Waals surface area (Å²) in [6.07, 6.45) is 1.25. The summed E-state index contributed by atoms with van der Waals surface area (Å²) in [7, 11) is 0. The molecule has 29 heavy (non-hydrogen) atoms. The molecule has 3 rings (SSSR count). The van der Waals surface area contributed by atoms with Crippen LogP contribution < -0.4 is 19.5 Å². The van der Waals surface area contributed by atoms with Gasteiger partial charge in [-0.15, -0.1) is 0 Å². The maximum Gasteiger partial charge on any atom is 0.412 e. The smallest absolute Gasteiger partial charge is 0.412 e. The summed E-state index contributed by atoms with van der Waals surface area (Å²) in [4.78, 5) is 12.4. The molecule has 0 aliphatic heterocycles. The molecule has 0 aliphatic carbocycles. The van der Waals surface area contributed by atoms with Crippen molar-refractivity contribution in [1.29, 1.82) is 0 Å². The van der Waals surface area contributed by atoms with Crippen molar-refractivity contribution in [1.82, 2.24) is 5.32 Å². The van der Waals surface area contributed by atoms with Crippen LogP contribution in [-0.2, 0) is 6.54 Å². The van der Waals surface area contributed by atoms with Crippen molar-refractivity contribution in [2.24, 2.45) is 0 Å². The number of nitrogens with one attached hydrogen (secondary N) is 1. The van der Waals surface area contributed by atoms with Gasteiger partial charge in [0.1, 0.15) is 5.75 Å².